The van der Waals surface area contributed by atoms with E-state index in [1.165, 1.54) is 4.68 Å². The van der Waals surface area contributed by atoms with Crippen LogP contribution in [0.1, 0.15) is 32.0 Å². The number of anilines is 2. The normalized spacial score (nSPS) is 15.1. The average Bonchev–Trinajstić information content (AvgIpc) is 3.36. The molecule has 5 rings (SSSR count). The number of nitrogens with zero attached hydrogens (tertiary/aromatic N) is 9. The van der Waals surface area contributed by atoms with Gasteiger partial charge in [0, 0.05) is 11.0 Å². The summed E-state index contributed by atoms with van der Waals surface area (Å²) in [5.74, 6) is 2.33. The van der Waals surface area contributed by atoms with Crippen molar-refractivity contribution in [1.82, 2.24) is 24.5 Å². The Morgan fingerprint density at radius 1 is 1.19 bits per heavy atom. The van der Waals surface area contributed by atoms with Crippen molar-refractivity contribution in [3.63, 3.8) is 0 Å². The first-order chi connectivity index (χ1) is 13.0. The van der Waals surface area contributed by atoms with Crippen LogP contribution in [0.3, 0.4) is 0 Å². The largest absolute Gasteiger partial charge is 0.283 e. The van der Waals surface area contributed by atoms with E-state index in [1.807, 2.05) is 53.6 Å². The van der Waals surface area contributed by atoms with Crippen molar-refractivity contribution in [1.29, 1.82) is 5.26 Å². The fourth-order valence-electron chi connectivity index (χ4n) is 3.65. The van der Waals surface area contributed by atoms with E-state index >= 15 is 0 Å². The van der Waals surface area contributed by atoms with Crippen LogP contribution in [0.15, 0.2) is 41.8 Å². The van der Waals surface area contributed by atoms with Gasteiger partial charge in [-0.15, -0.1) is 9.78 Å². The Hall–Kier alpha value is -3.67. The molecule has 0 fully saturated rings. The number of imidazole rings is 1. The smallest absolute Gasteiger partial charge is 0.208 e. The Morgan fingerprint density at radius 2 is 2.00 bits per heavy atom. The SMILES string of the molecule is CC(C)(C)c1c(N2CN=C3c4ccccc4-n4cncc4N32)nnn1C#N. The average molecular weight is 359 g/mol. The van der Waals surface area contributed by atoms with Gasteiger partial charge in [0.05, 0.1) is 11.9 Å². The van der Waals surface area contributed by atoms with Crippen molar-refractivity contribution >= 4 is 17.5 Å². The van der Waals surface area contributed by atoms with Gasteiger partial charge in [0.15, 0.2) is 17.5 Å². The Kier molecular flexibility index (Phi) is 2.98. The zero-order valence-corrected chi connectivity index (χ0v) is 15.2. The van der Waals surface area contributed by atoms with Crippen LogP contribution in [0.25, 0.3) is 5.69 Å². The molecule has 2 aliphatic heterocycles. The quantitative estimate of drug-likeness (QED) is 0.660. The summed E-state index contributed by atoms with van der Waals surface area (Å²) in [5.41, 5.74) is 2.49. The zero-order chi connectivity index (χ0) is 18.8. The van der Waals surface area contributed by atoms with Crippen molar-refractivity contribution in [3.8, 4) is 11.9 Å². The molecule has 0 bridgehead atoms. The Balaban J connectivity index is 1.69. The maximum atomic E-state index is 9.46. The van der Waals surface area contributed by atoms with E-state index in [2.05, 4.69) is 27.6 Å². The van der Waals surface area contributed by atoms with Gasteiger partial charge >= 0.3 is 0 Å². The predicted molar refractivity (Wildman–Crippen MR) is 99.7 cm³/mol. The molecule has 4 heterocycles. The van der Waals surface area contributed by atoms with Gasteiger partial charge in [0.25, 0.3) is 0 Å². The molecule has 2 aromatic heterocycles. The predicted octanol–water partition coefficient (Wildman–Crippen LogP) is 2.05. The summed E-state index contributed by atoms with van der Waals surface area (Å²) >= 11 is 0. The molecule has 0 spiro atoms. The fraction of sp³-hybridized carbons (Fsp3) is 0.278. The molecular formula is C18H17N9. The van der Waals surface area contributed by atoms with Gasteiger partial charge in [-0.3, -0.25) is 4.57 Å². The maximum Gasteiger partial charge on any atom is 0.208 e. The number of hydrogen-bond donors (Lipinski definition) is 0. The van der Waals surface area contributed by atoms with Crippen molar-refractivity contribution in [2.75, 3.05) is 16.7 Å². The molecule has 0 aliphatic carbocycles. The number of fused-ring (bicyclic) bond motifs is 6. The van der Waals surface area contributed by atoms with Crippen LogP contribution in [0.5, 0.6) is 0 Å². The first-order valence-electron chi connectivity index (χ1n) is 8.61. The molecule has 9 nitrogen and oxygen atoms in total. The third-order valence-electron chi connectivity index (χ3n) is 4.74. The minimum atomic E-state index is -0.314. The molecule has 0 atom stereocenters. The molecule has 0 N–H and O–H groups in total. The molecule has 1 aromatic carbocycles. The van der Waals surface area contributed by atoms with E-state index in [9.17, 15) is 5.26 Å². The van der Waals surface area contributed by atoms with Crippen LogP contribution in [-0.4, -0.2) is 37.0 Å². The molecule has 134 valence electrons. The van der Waals surface area contributed by atoms with Crippen LogP contribution in [0.2, 0.25) is 0 Å². The molecule has 9 heteroatoms. The van der Waals surface area contributed by atoms with E-state index in [0.29, 0.717) is 12.5 Å². The molecule has 0 radical (unpaired) electrons. The second-order valence-electron chi connectivity index (χ2n) is 7.50. The second kappa shape index (κ2) is 5.17. The van der Waals surface area contributed by atoms with Crippen molar-refractivity contribution in [2.24, 2.45) is 4.99 Å². The van der Waals surface area contributed by atoms with Gasteiger partial charge in [0.1, 0.15) is 18.7 Å². The number of hydrazine groups is 1. The maximum absolute atomic E-state index is 9.46. The minimum Gasteiger partial charge on any atom is -0.283 e. The van der Waals surface area contributed by atoms with E-state index in [1.54, 1.807) is 12.5 Å². The lowest BCUT2D eigenvalue weighted by atomic mass is 9.91. The molecule has 3 aromatic rings. The summed E-state index contributed by atoms with van der Waals surface area (Å²) in [6, 6.07) is 8.10. The van der Waals surface area contributed by atoms with Gasteiger partial charge in [0.2, 0.25) is 6.19 Å². The standard InChI is InChI=1S/C18H17N9/c1-18(2,3)15-17(22-23-25(15)9-19)26-11-21-16-12-6-4-5-7-13(12)24-10-20-8-14(24)27(16)26/h4-8,10H,11H2,1-3H3. The van der Waals surface area contributed by atoms with Gasteiger partial charge in [-0.05, 0) is 12.1 Å². The van der Waals surface area contributed by atoms with Gasteiger partial charge in [-0.1, -0.05) is 38.1 Å². The van der Waals surface area contributed by atoms with E-state index in [0.717, 1.165) is 28.6 Å². The number of amidine groups is 1. The topological polar surface area (TPSA) is 91.2 Å². The minimum absolute atomic E-state index is 0.314. The summed E-state index contributed by atoms with van der Waals surface area (Å²) < 4.78 is 3.31. The Morgan fingerprint density at radius 3 is 2.78 bits per heavy atom. The summed E-state index contributed by atoms with van der Waals surface area (Å²) in [6.07, 6.45) is 5.68. The van der Waals surface area contributed by atoms with Crippen molar-refractivity contribution < 1.29 is 0 Å². The molecule has 27 heavy (non-hydrogen) atoms. The Bertz CT molecular complexity index is 1120. The monoisotopic (exact) mass is 359 g/mol. The van der Waals surface area contributed by atoms with Crippen LogP contribution in [-0.2, 0) is 5.41 Å². The molecule has 2 aliphatic rings. The molecule has 0 saturated heterocycles. The van der Waals surface area contributed by atoms with Crippen LogP contribution in [0, 0.1) is 11.5 Å². The first-order valence-corrected chi connectivity index (χ1v) is 8.61. The van der Waals surface area contributed by atoms with E-state index < -0.39 is 0 Å². The number of para-hydroxylation sites is 1. The third kappa shape index (κ3) is 2.04. The number of aliphatic imine (C=N–C) groups is 1. The highest BCUT2D eigenvalue weighted by Crippen LogP contribution is 2.38. The van der Waals surface area contributed by atoms with Crippen LogP contribution < -0.4 is 10.0 Å². The highest BCUT2D eigenvalue weighted by molar-refractivity contribution is 6.16. The summed E-state index contributed by atoms with van der Waals surface area (Å²) in [7, 11) is 0. The summed E-state index contributed by atoms with van der Waals surface area (Å²) in [4.78, 5) is 9.09. The fourth-order valence-corrected chi connectivity index (χ4v) is 3.65. The first kappa shape index (κ1) is 15.6. The van der Waals surface area contributed by atoms with Crippen LogP contribution in [0.4, 0.5) is 11.6 Å². The zero-order valence-electron chi connectivity index (χ0n) is 15.2. The summed E-state index contributed by atoms with van der Waals surface area (Å²) in [6.45, 7) is 6.51. The molecule has 0 unspecified atom stereocenters. The highest BCUT2D eigenvalue weighted by Gasteiger charge is 2.40. The van der Waals surface area contributed by atoms with Gasteiger partial charge in [-0.2, -0.15) is 5.26 Å². The number of nitriles is 1. The number of aromatic nitrogens is 5. The second-order valence-corrected chi connectivity index (χ2v) is 7.50. The Labute approximate surface area is 155 Å². The lowest BCUT2D eigenvalue weighted by Crippen LogP contribution is -2.46. The molecular weight excluding hydrogens is 342 g/mol. The van der Waals surface area contributed by atoms with Crippen molar-refractivity contribution in [3.05, 3.63) is 48.0 Å². The number of benzene rings is 1. The highest BCUT2D eigenvalue weighted by atomic mass is 15.7. The van der Waals surface area contributed by atoms with Crippen molar-refractivity contribution in [2.45, 2.75) is 26.2 Å². The summed E-state index contributed by atoms with van der Waals surface area (Å²) in [5, 5.41) is 21.7. The lowest BCUT2D eigenvalue weighted by molar-refractivity contribution is 0.544. The van der Waals surface area contributed by atoms with E-state index in [4.69, 9.17) is 4.99 Å². The van der Waals surface area contributed by atoms with Gasteiger partial charge in [-0.25, -0.2) is 20.0 Å². The lowest BCUT2D eigenvalue weighted by Gasteiger charge is -2.35. The molecule has 0 saturated carbocycles. The van der Waals surface area contributed by atoms with E-state index in [-0.39, 0.29) is 5.41 Å². The molecule has 0 amide bonds. The van der Waals surface area contributed by atoms with Crippen LogP contribution >= 0.6 is 0 Å². The van der Waals surface area contributed by atoms with Gasteiger partial charge < -0.3 is 0 Å². The number of rotatable bonds is 1. The third-order valence-corrected chi connectivity index (χ3v) is 4.74. The number of hydrogen-bond acceptors (Lipinski definition) is 7.